The molecule has 3 aliphatic rings. The molecule has 1 aromatic rings. The van der Waals surface area contributed by atoms with Crippen LogP contribution in [-0.2, 0) is 11.3 Å². The van der Waals surface area contributed by atoms with Crippen molar-refractivity contribution in [1.29, 1.82) is 0 Å². The maximum atomic E-state index is 13.6. The fraction of sp³-hybridized carbons (Fsp3) is 0.708. The first-order valence-electron chi connectivity index (χ1n) is 12.4. The van der Waals surface area contributed by atoms with Crippen molar-refractivity contribution in [3.8, 4) is 0 Å². The minimum atomic E-state index is -5.77. The average Bonchev–Trinajstić information content (AvgIpc) is 3.19. The van der Waals surface area contributed by atoms with Gasteiger partial charge in [-0.25, -0.2) is 13.6 Å². The molecule has 3 heterocycles. The molecular formula is C24H28ClF8N3O2. The summed E-state index contributed by atoms with van der Waals surface area (Å²) in [7, 11) is 0. The molecule has 0 unspecified atom stereocenters. The lowest BCUT2D eigenvalue weighted by atomic mass is 9.85. The number of halogens is 9. The van der Waals surface area contributed by atoms with Crippen LogP contribution in [0.1, 0.15) is 44.1 Å². The van der Waals surface area contributed by atoms with E-state index in [-0.39, 0.29) is 39.0 Å². The van der Waals surface area contributed by atoms with Crippen LogP contribution in [-0.4, -0.2) is 78.5 Å². The Labute approximate surface area is 219 Å². The third kappa shape index (κ3) is 6.24. The molecule has 4 rings (SSSR count). The average molecular weight is 578 g/mol. The van der Waals surface area contributed by atoms with Crippen molar-refractivity contribution in [3.05, 3.63) is 28.8 Å². The van der Waals surface area contributed by atoms with E-state index in [0.717, 1.165) is 23.3 Å². The summed E-state index contributed by atoms with van der Waals surface area (Å²) in [5.41, 5.74) is 1.08. The van der Waals surface area contributed by atoms with Crippen LogP contribution in [0.5, 0.6) is 0 Å². The van der Waals surface area contributed by atoms with Crippen LogP contribution in [0.15, 0.2) is 18.2 Å². The molecule has 0 aliphatic carbocycles. The predicted molar refractivity (Wildman–Crippen MR) is 123 cm³/mol. The summed E-state index contributed by atoms with van der Waals surface area (Å²) in [6, 6.07) is 5.44. The van der Waals surface area contributed by atoms with Crippen LogP contribution in [0.4, 0.5) is 45.6 Å². The first-order chi connectivity index (χ1) is 17.6. The molecule has 0 bridgehead atoms. The van der Waals surface area contributed by atoms with Crippen LogP contribution < -0.4 is 4.90 Å². The molecule has 0 aromatic heterocycles. The van der Waals surface area contributed by atoms with E-state index in [0.29, 0.717) is 36.6 Å². The fourth-order valence-corrected chi connectivity index (χ4v) is 5.93. The Kier molecular flexibility index (Phi) is 8.02. The zero-order chi connectivity index (χ0) is 27.9. The number of amides is 1. The number of nitrogens with zero attached hydrogens (tertiary/aromatic N) is 3. The third-order valence-corrected chi connectivity index (χ3v) is 8.20. The summed E-state index contributed by atoms with van der Waals surface area (Å²) in [5.74, 6) is -2.69. The highest BCUT2D eigenvalue weighted by Gasteiger charge is 2.60. The Balaban J connectivity index is 1.40. The number of carbonyl (C=O) groups excluding carboxylic acids is 1. The van der Waals surface area contributed by atoms with E-state index in [1.807, 2.05) is 17.0 Å². The molecule has 3 fully saturated rings. The Morgan fingerprint density at radius 2 is 1.53 bits per heavy atom. The van der Waals surface area contributed by atoms with Gasteiger partial charge in [0.2, 0.25) is 0 Å². The van der Waals surface area contributed by atoms with Gasteiger partial charge in [-0.15, -0.1) is 0 Å². The number of rotatable bonds is 4. The van der Waals surface area contributed by atoms with E-state index in [2.05, 4.69) is 9.64 Å². The summed E-state index contributed by atoms with van der Waals surface area (Å²) >= 11 is 6.70. The van der Waals surface area contributed by atoms with Crippen molar-refractivity contribution < 1.29 is 44.7 Å². The van der Waals surface area contributed by atoms with Gasteiger partial charge < -0.3 is 14.5 Å². The van der Waals surface area contributed by atoms with Crippen molar-refractivity contribution in [1.82, 2.24) is 9.80 Å². The lowest BCUT2D eigenvalue weighted by Crippen LogP contribution is -2.54. The Morgan fingerprint density at radius 3 is 2.11 bits per heavy atom. The molecule has 0 radical (unpaired) electrons. The van der Waals surface area contributed by atoms with Gasteiger partial charge >= 0.3 is 18.4 Å². The van der Waals surface area contributed by atoms with Crippen molar-refractivity contribution >= 4 is 23.4 Å². The zero-order valence-electron chi connectivity index (χ0n) is 20.4. The van der Waals surface area contributed by atoms with E-state index in [4.69, 9.17) is 11.6 Å². The normalized spacial score (nSPS) is 22.4. The van der Waals surface area contributed by atoms with Crippen LogP contribution >= 0.6 is 11.6 Å². The van der Waals surface area contributed by atoms with Crippen molar-refractivity contribution in [3.63, 3.8) is 0 Å². The molecule has 0 atom stereocenters. The molecular weight excluding hydrogens is 550 g/mol. The smallest absolute Gasteiger partial charge is 0.426 e. The van der Waals surface area contributed by atoms with Gasteiger partial charge in [0.25, 0.3) is 12.0 Å². The minimum absolute atomic E-state index is 0.0481. The zero-order valence-corrected chi connectivity index (χ0v) is 21.1. The number of anilines is 1. The summed E-state index contributed by atoms with van der Waals surface area (Å²) in [5, 5.41) is 0.464. The summed E-state index contributed by atoms with van der Waals surface area (Å²) < 4.78 is 108. The van der Waals surface area contributed by atoms with Gasteiger partial charge in [0.05, 0.1) is 10.7 Å². The summed E-state index contributed by atoms with van der Waals surface area (Å²) in [6.07, 6.45) is -15.6. The molecule has 214 valence electrons. The predicted octanol–water partition coefficient (Wildman–Crippen LogP) is 6.64. The number of hydrogen-bond donors (Lipinski definition) is 0. The highest BCUT2D eigenvalue weighted by atomic mass is 35.5. The molecule has 5 nitrogen and oxygen atoms in total. The third-order valence-electron chi connectivity index (χ3n) is 7.76. The van der Waals surface area contributed by atoms with Crippen LogP contribution in [0, 0.1) is 0 Å². The molecule has 14 heteroatoms. The maximum Gasteiger partial charge on any atom is 0.434 e. The lowest BCUT2D eigenvalue weighted by molar-refractivity contribution is -0.308. The number of hydrogen-bond acceptors (Lipinski definition) is 4. The molecule has 1 amide bonds. The van der Waals surface area contributed by atoms with Gasteiger partial charge in [-0.3, -0.25) is 4.90 Å². The number of ether oxygens (including phenoxy) is 1. The van der Waals surface area contributed by atoms with E-state index in [1.54, 1.807) is 6.07 Å². The fourth-order valence-electron chi connectivity index (χ4n) is 5.62. The first kappa shape index (κ1) is 29.0. The highest BCUT2D eigenvalue weighted by Crippen LogP contribution is 2.42. The maximum absolute atomic E-state index is 13.6. The molecule has 3 aliphatic heterocycles. The van der Waals surface area contributed by atoms with E-state index < -0.39 is 36.0 Å². The van der Waals surface area contributed by atoms with Gasteiger partial charge in [-0.1, -0.05) is 23.7 Å². The monoisotopic (exact) mass is 577 g/mol. The number of carbonyl (C=O) groups is 1. The molecule has 3 saturated heterocycles. The Bertz CT molecular complexity index is 987. The standard InChI is InChI=1S/C24H28ClF8N3O2/c25-18-16(3-1-4-17(18)34-13-8-22(26,27)9-14-34)15-36-10-2-5-21(36)6-11-35(12-7-21)20(37)38-19(23(28,29)30)24(31,32)33/h1,3-4,19H,2,5-15H2. The highest BCUT2D eigenvalue weighted by molar-refractivity contribution is 6.34. The van der Waals surface area contributed by atoms with Gasteiger partial charge in [-0.2, -0.15) is 26.3 Å². The molecule has 38 heavy (non-hydrogen) atoms. The van der Waals surface area contributed by atoms with Gasteiger partial charge in [0, 0.05) is 51.1 Å². The van der Waals surface area contributed by atoms with Crippen LogP contribution in [0.3, 0.4) is 0 Å². The number of alkyl halides is 8. The second-order valence-corrected chi connectivity index (χ2v) is 10.6. The van der Waals surface area contributed by atoms with E-state index in [9.17, 15) is 39.9 Å². The SMILES string of the molecule is O=C(OC(C(F)(F)F)C(F)(F)F)N1CCC2(CCCN2Cc2cccc(N3CCC(F)(F)CC3)c2Cl)CC1. The molecule has 0 N–H and O–H groups in total. The summed E-state index contributed by atoms with van der Waals surface area (Å²) in [6.45, 7) is 1.40. The van der Waals surface area contributed by atoms with Gasteiger partial charge in [-0.05, 0) is 43.9 Å². The van der Waals surface area contributed by atoms with Crippen molar-refractivity contribution in [2.45, 2.75) is 75.0 Å². The number of benzene rings is 1. The van der Waals surface area contributed by atoms with Crippen molar-refractivity contribution in [2.24, 2.45) is 0 Å². The number of likely N-dealkylation sites (tertiary alicyclic amines) is 2. The minimum Gasteiger partial charge on any atom is -0.426 e. The molecule has 1 spiro atoms. The quantitative estimate of drug-likeness (QED) is 0.376. The van der Waals surface area contributed by atoms with E-state index >= 15 is 0 Å². The molecule has 0 saturated carbocycles. The Hall–Kier alpha value is -2.02. The number of piperidine rings is 2. The topological polar surface area (TPSA) is 36.0 Å². The van der Waals surface area contributed by atoms with Gasteiger partial charge in [0.15, 0.2) is 0 Å². The molecule has 1 aromatic carbocycles. The van der Waals surface area contributed by atoms with Crippen LogP contribution in [0.25, 0.3) is 0 Å². The Morgan fingerprint density at radius 1 is 0.921 bits per heavy atom. The largest absolute Gasteiger partial charge is 0.434 e. The second-order valence-electron chi connectivity index (χ2n) is 10.2. The second kappa shape index (κ2) is 10.5. The van der Waals surface area contributed by atoms with E-state index in [1.165, 1.54) is 0 Å². The lowest BCUT2D eigenvalue weighted by Gasteiger charge is -2.45. The first-order valence-corrected chi connectivity index (χ1v) is 12.7. The van der Waals surface area contributed by atoms with Gasteiger partial charge in [0.1, 0.15) is 0 Å². The van der Waals surface area contributed by atoms with Crippen molar-refractivity contribution in [2.75, 3.05) is 37.6 Å². The summed E-state index contributed by atoms with van der Waals surface area (Å²) in [4.78, 5) is 17.1. The van der Waals surface area contributed by atoms with Crippen LogP contribution in [0.2, 0.25) is 5.02 Å².